The topological polar surface area (TPSA) is 77.6 Å². The van der Waals surface area contributed by atoms with Crippen molar-refractivity contribution in [1.29, 1.82) is 0 Å². The van der Waals surface area contributed by atoms with Crippen LogP contribution in [0.3, 0.4) is 0 Å². The maximum absolute atomic E-state index is 13.6. The number of carbonyl (C=O) groups is 2. The highest BCUT2D eigenvalue weighted by Gasteiger charge is 2.29. The van der Waals surface area contributed by atoms with Crippen LogP contribution in [0, 0.1) is 0 Å². The minimum atomic E-state index is -0.365. The highest BCUT2D eigenvalue weighted by Crippen LogP contribution is 2.34. The largest absolute Gasteiger partial charge is 0.371 e. The number of carbonyl (C=O) groups excluding carboxylic acids is 2. The number of halogens is 2. The number of hydrogen-bond acceptors (Lipinski definition) is 4. The number of rotatable bonds is 5. The van der Waals surface area contributed by atoms with E-state index in [-0.39, 0.29) is 24.0 Å². The summed E-state index contributed by atoms with van der Waals surface area (Å²) < 4.78 is 0. The van der Waals surface area contributed by atoms with Gasteiger partial charge in [-0.3, -0.25) is 9.78 Å². The Labute approximate surface area is 249 Å². The minimum absolute atomic E-state index is 0.00488. The zero-order chi connectivity index (χ0) is 28.5. The van der Waals surface area contributed by atoms with Crippen molar-refractivity contribution in [2.45, 2.75) is 37.8 Å². The van der Waals surface area contributed by atoms with E-state index >= 15 is 0 Å². The zero-order valence-corrected chi connectivity index (χ0v) is 24.3. The van der Waals surface area contributed by atoms with Gasteiger partial charge in [-0.05, 0) is 84.7 Å². The Morgan fingerprint density at radius 1 is 0.976 bits per heavy atom. The molecule has 1 saturated heterocycles. The molecule has 0 radical (unpaired) electrons. The first-order valence-electron chi connectivity index (χ1n) is 13.9. The number of anilines is 2. The molecule has 1 aromatic heterocycles. The molecule has 2 heterocycles. The smallest absolute Gasteiger partial charge is 0.319 e. The van der Waals surface area contributed by atoms with Crippen LogP contribution in [0.2, 0.25) is 10.0 Å². The maximum atomic E-state index is 13.6. The van der Waals surface area contributed by atoms with E-state index < -0.39 is 0 Å². The first-order valence-corrected chi connectivity index (χ1v) is 14.6. The fourth-order valence-electron chi connectivity index (χ4n) is 5.95. The summed E-state index contributed by atoms with van der Waals surface area (Å²) in [6.07, 6.45) is 7.11. The second-order valence-corrected chi connectivity index (χ2v) is 11.5. The van der Waals surface area contributed by atoms with E-state index in [1.165, 1.54) is 11.1 Å². The molecule has 1 unspecified atom stereocenters. The first-order chi connectivity index (χ1) is 19.9. The van der Waals surface area contributed by atoms with Gasteiger partial charge < -0.3 is 20.4 Å². The Morgan fingerprint density at radius 2 is 1.80 bits per heavy atom. The average molecular weight is 589 g/mol. The van der Waals surface area contributed by atoms with Crippen LogP contribution in [-0.4, -0.2) is 48.0 Å². The van der Waals surface area contributed by atoms with Crippen molar-refractivity contribution >= 4 is 57.3 Å². The normalized spacial score (nSPS) is 16.9. The summed E-state index contributed by atoms with van der Waals surface area (Å²) in [5.74, 6) is 0.00488. The molecule has 3 amide bonds. The van der Waals surface area contributed by atoms with Crippen LogP contribution >= 0.6 is 23.2 Å². The lowest BCUT2D eigenvalue weighted by atomic mass is 10.00. The van der Waals surface area contributed by atoms with Crippen LogP contribution in [0.4, 0.5) is 16.2 Å². The molecule has 6 rings (SSSR count). The Morgan fingerprint density at radius 3 is 2.63 bits per heavy atom. The van der Waals surface area contributed by atoms with Crippen molar-refractivity contribution in [3.05, 3.63) is 99.8 Å². The second kappa shape index (κ2) is 11.6. The third-order valence-corrected chi connectivity index (χ3v) is 9.12. The molecule has 0 spiro atoms. The molecule has 1 fully saturated rings. The first kappa shape index (κ1) is 27.4. The zero-order valence-electron chi connectivity index (χ0n) is 22.7. The van der Waals surface area contributed by atoms with Gasteiger partial charge in [-0.25, -0.2) is 4.79 Å². The summed E-state index contributed by atoms with van der Waals surface area (Å²) in [6.45, 7) is 1.78. The number of benzene rings is 3. The lowest BCUT2D eigenvalue weighted by Crippen LogP contribution is -2.45. The molecule has 210 valence electrons. The quantitative estimate of drug-likeness (QED) is 0.261. The average Bonchev–Trinajstić information content (AvgIpc) is 3.40. The number of aryl methyl sites for hydroxylation is 1. The van der Waals surface area contributed by atoms with Gasteiger partial charge in [0.15, 0.2) is 0 Å². The Bertz CT molecular complexity index is 1620. The summed E-state index contributed by atoms with van der Waals surface area (Å²) in [5.41, 5.74) is 4.43. The van der Waals surface area contributed by atoms with Crippen LogP contribution in [0.25, 0.3) is 10.8 Å². The highest BCUT2D eigenvalue weighted by molar-refractivity contribution is 6.44. The van der Waals surface area contributed by atoms with E-state index in [1.807, 2.05) is 48.6 Å². The van der Waals surface area contributed by atoms with Crippen LogP contribution in [0.1, 0.15) is 46.8 Å². The van der Waals surface area contributed by atoms with Gasteiger partial charge in [-0.2, -0.15) is 0 Å². The number of amides is 3. The van der Waals surface area contributed by atoms with E-state index in [0.29, 0.717) is 21.3 Å². The molecule has 0 bridgehead atoms. The van der Waals surface area contributed by atoms with Gasteiger partial charge in [0.25, 0.3) is 5.91 Å². The molecule has 1 aliphatic carbocycles. The molecule has 41 heavy (non-hydrogen) atoms. The fourth-order valence-corrected chi connectivity index (χ4v) is 6.30. The van der Waals surface area contributed by atoms with Crippen LogP contribution in [0.15, 0.2) is 73.1 Å². The highest BCUT2D eigenvalue weighted by atomic mass is 35.5. The number of urea groups is 1. The van der Waals surface area contributed by atoms with E-state index in [2.05, 4.69) is 38.7 Å². The summed E-state index contributed by atoms with van der Waals surface area (Å²) >= 11 is 12.3. The van der Waals surface area contributed by atoms with Crippen molar-refractivity contribution < 1.29 is 9.59 Å². The Hall–Kier alpha value is -3.81. The molecule has 2 N–H and O–H groups in total. The number of pyridine rings is 1. The van der Waals surface area contributed by atoms with Crippen molar-refractivity contribution in [2.24, 2.45) is 0 Å². The third-order valence-electron chi connectivity index (χ3n) is 8.30. The molecule has 1 atom stereocenters. The summed E-state index contributed by atoms with van der Waals surface area (Å²) in [6, 6.07) is 19.1. The predicted molar refractivity (Wildman–Crippen MR) is 165 cm³/mol. The van der Waals surface area contributed by atoms with Gasteiger partial charge in [-0.1, -0.05) is 41.4 Å². The van der Waals surface area contributed by atoms with Gasteiger partial charge in [0.05, 0.1) is 21.8 Å². The van der Waals surface area contributed by atoms with Gasteiger partial charge >= 0.3 is 6.03 Å². The number of piperidine rings is 1. The molecular formula is C32H31Cl2N5O2. The monoisotopic (exact) mass is 587 g/mol. The molecule has 9 heteroatoms. The van der Waals surface area contributed by atoms with Crippen molar-refractivity contribution in [2.75, 3.05) is 30.4 Å². The lowest BCUT2D eigenvalue weighted by molar-refractivity contribution is 0.0709. The molecule has 0 saturated carbocycles. The van der Waals surface area contributed by atoms with E-state index in [9.17, 15) is 9.59 Å². The number of hydrogen-bond donors (Lipinski definition) is 2. The Kier molecular flexibility index (Phi) is 7.73. The van der Waals surface area contributed by atoms with Crippen LogP contribution in [-0.2, 0) is 6.42 Å². The van der Waals surface area contributed by atoms with Gasteiger partial charge in [0.2, 0.25) is 0 Å². The van der Waals surface area contributed by atoms with E-state index in [1.54, 1.807) is 18.2 Å². The summed E-state index contributed by atoms with van der Waals surface area (Å²) in [7, 11) is 1.90. The molecule has 1 aliphatic heterocycles. The van der Waals surface area contributed by atoms with Crippen molar-refractivity contribution in [3.8, 4) is 0 Å². The van der Waals surface area contributed by atoms with Gasteiger partial charge in [0.1, 0.15) is 0 Å². The van der Waals surface area contributed by atoms with E-state index in [0.717, 1.165) is 55.3 Å². The van der Waals surface area contributed by atoms with Gasteiger partial charge in [0, 0.05) is 55.2 Å². The molecular weight excluding hydrogens is 557 g/mol. The van der Waals surface area contributed by atoms with Crippen LogP contribution in [0.5, 0.6) is 0 Å². The minimum Gasteiger partial charge on any atom is -0.371 e. The number of aromatic nitrogens is 1. The maximum Gasteiger partial charge on any atom is 0.319 e. The molecule has 4 aromatic rings. The summed E-state index contributed by atoms with van der Waals surface area (Å²) in [4.78, 5) is 34.8. The summed E-state index contributed by atoms with van der Waals surface area (Å²) in [5, 5.41) is 8.81. The predicted octanol–water partition coefficient (Wildman–Crippen LogP) is 7.09. The van der Waals surface area contributed by atoms with Gasteiger partial charge in [-0.15, -0.1) is 0 Å². The molecule has 3 aromatic carbocycles. The third kappa shape index (κ3) is 5.69. The number of nitrogens with one attached hydrogen (secondary N) is 2. The van der Waals surface area contributed by atoms with Crippen LogP contribution < -0.4 is 15.5 Å². The van der Waals surface area contributed by atoms with Crippen molar-refractivity contribution in [3.63, 3.8) is 0 Å². The fraction of sp³-hybridized carbons (Fsp3) is 0.281. The van der Waals surface area contributed by atoms with E-state index in [4.69, 9.17) is 23.2 Å². The second-order valence-electron chi connectivity index (χ2n) is 10.7. The lowest BCUT2D eigenvalue weighted by Gasteiger charge is -2.38. The molecule has 2 aliphatic rings. The standard InChI is InChI=1S/C32H31Cl2N5O2/c1-38(24-12-15-39(16-13-24)25-9-7-23-19-35-14-11-21(23)17-25)31(40)22-6-5-20-8-10-28(26(20)18-22)36-32(41)37-29-4-2-3-27(33)30(29)34/h2-7,9,11,14,17-19,24,28H,8,10,12-13,15-16H2,1H3,(H2,36,37,41). The van der Waals surface area contributed by atoms with Crippen molar-refractivity contribution in [1.82, 2.24) is 15.2 Å². The number of nitrogens with zero attached hydrogens (tertiary/aromatic N) is 3. The number of fused-ring (bicyclic) bond motifs is 2. The Balaban J connectivity index is 1.09. The molecule has 7 nitrogen and oxygen atoms in total. The SMILES string of the molecule is CN(C(=O)c1ccc2c(c1)C(NC(=O)Nc1cccc(Cl)c1Cl)CC2)C1CCN(c2ccc3cnccc3c2)CC1.